The van der Waals surface area contributed by atoms with Gasteiger partial charge in [0, 0.05) is 25.2 Å². The number of hydrogen-bond acceptors (Lipinski definition) is 3. The van der Waals surface area contributed by atoms with Crippen LogP contribution in [0.4, 0.5) is 18.9 Å². The fraction of sp³-hybridized carbons (Fsp3) is 0.381. The first kappa shape index (κ1) is 22.3. The molecule has 1 aliphatic heterocycles. The zero-order valence-electron chi connectivity index (χ0n) is 16.5. The minimum atomic E-state index is -4.46. The lowest BCUT2D eigenvalue weighted by Gasteiger charge is -2.29. The number of hydrogen-bond donors (Lipinski definition) is 1. The number of rotatable bonds is 7. The molecule has 1 heterocycles. The number of anilines is 1. The van der Waals surface area contributed by atoms with E-state index in [1.165, 1.54) is 12.1 Å². The summed E-state index contributed by atoms with van der Waals surface area (Å²) in [7, 11) is -3.73. The first-order chi connectivity index (χ1) is 14.1. The number of carbonyl (C=O) groups is 1. The monoisotopic (exact) mass is 440 g/mol. The predicted octanol–water partition coefficient (Wildman–Crippen LogP) is 4.01. The molecule has 0 spiro atoms. The third kappa shape index (κ3) is 5.40. The number of benzene rings is 2. The van der Waals surface area contributed by atoms with Crippen LogP contribution in [0.25, 0.3) is 0 Å². The van der Waals surface area contributed by atoms with Gasteiger partial charge in [-0.3, -0.25) is 4.79 Å². The Balaban J connectivity index is 1.65. The van der Waals surface area contributed by atoms with E-state index in [1.54, 1.807) is 11.0 Å². The molecule has 2 aromatic carbocycles. The van der Waals surface area contributed by atoms with E-state index in [-0.39, 0.29) is 18.0 Å². The maximum Gasteiger partial charge on any atom is 0.416 e. The van der Waals surface area contributed by atoms with Crippen LogP contribution < -0.4 is 9.62 Å². The molecule has 3 rings (SSSR count). The number of amides is 1. The fourth-order valence-electron chi connectivity index (χ4n) is 3.45. The van der Waals surface area contributed by atoms with E-state index >= 15 is 0 Å². The Hall–Kier alpha value is -2.39. The van der Waals surface area contributed by atoms with Gasteiger partial charge in [-0.2, -0.15) is 13.2 Å². The van der Waals surface area contributed by atoms with Crippen molar-refractivity contribution in [1.82, 2.24) is 4.72 Å². The van der Waals surface area contributed by atoms with Crippen LogP contribution in [0.15, 0.2) is 42.5 Å². The summed E-state index contributed by atoms with van der Waals surface area (Å²) in [5.41, 5.74) is 2.08. The average molecular weight is 440 g/mol. The van der Waals surface area contributed by atoms with Gasteiger partial charge in [0.1, 0.15) is 0 Å². The number of halogens is 3. The molecule has 1 N–H and O–H groups in total. The molecule has 1 aliphatic rings. The average Bonchev–Trinajstić information content (AvgIpc) is 2.68. The highest BCUT2D eigenvalue weighted by atomic mass is 32.2. The maximum absolute atomic E-state index is 12.6. The third-order valence-corrected chi connectivity index (χ3v) is 6.22. The van der Waals surface area contributed by atoms with Crippen molar-refractivity contribution >= 4 is 21.6 Å². The van der Waals surface area contributed by atoms with Crippen LogP contribution in [0.1, 0.15) is 42.0 Å². The normalized spacial score (nSPS) is 14.7. The lowest BCUT2D eigenvalue weighted by molar-refractivity contribution is -0.137. The Morgan fingerprint density at radius 1 is 1.03 bits per heavy atom. The third-order valence-electron chi connectivity index (χ3n) is 4.93. The number of sulfonamides is 1. The molecule has 0 radical (unpaired) electrons. The van der Waals surface area contributed by atoms with Crippen LogP contribution in [0.5, 0.6) is 0 Å². The molecule has 9 heteroatoms. The van der Waals surface area contributed by atoms with Crippen molar-refractivity contribution < 1.29 is 26.4 Å². The molecule has 0 saturated carbocycles. The molecule has 0 saturated heterocycles. The number of carbonyl (C=O) groups excluding carboxylic acids is 1. The number of fused-ring (bicyclic) bond motifs is 1. The van der Waals surface area contributed by atoms with Crippen molar-refractivity contribution in [2.24, 2.45) is 0 Å². The topological polar surface area (TPSA) is 66.5 Å². The summed E-state index contributed by atoms with van der Waals surface area (Å²) in [6.07, 6.45) is -2.58. The molecular weight excluding hydrogens is 417 g/mol. The second-order valence-corrected chi connectivity index (χ2v) is 9.09. The molecular formula is C21H23F3N2O3S. The quantitative estimate of drug-likeness (QED) is 0.707. The summed E-state index contributed by atoms with van der Waals surface area (Å²) in [4.78, 5) is 13.9. The number of nitrogens with one attached hydrogen (secondary N) is 1. The van der Waals surface area contributed by atoms with Gasteiger partial charge in [-0.1, -0.05) is 31.2 Å². The van der Waals surface area contributed by atoms with Crippen molar-refractivity contribution in [2.75, 3.05) is 11.4 Å². The van der Waals surface area contributed by atoms with E-state index in [0.717, 1.165) is 35.4 Å². The van der Waals surface area contributed by atoms with E-state index in [9.17, 15) is 26.4 Å². The van der Waals surface area contributed by atoms with Gasteiger partial charge >= 0.3 is 6.18 Å². The van der Waals surface area contributed by atoms with Crippen LogP contribution in [-0.2, 0) is 39.7 Å². The van der Waals surface area contributed by atoms with Gasteiger partial charge in [0.2, 0.25) is 15.9 Å². The molecule has 0 unspecified atom stereocenters. The summed E-state index contributed by atoms with van der Waals surface area (Å²) in [5.74, 6) is -0.316. The lowest BCUT2D eigenvalue weighted by Crippen LogP contribution is -2.35. The van der Waals surface area contributed by atoms with Crippen molar-refractivity contribution in [3.05, 3.63) is 64.7 Å². The summed E-state index contributed by atoms with van der Waals surface area (Å²) in [6, 6.07) is 9.59. The zero-order valence-corrected chi connectivity index (χ0v) is 17.3. The molecule has 162 valence electrons. The molecule has 0 aliphatic carbocycles. The smallest absolute Gasteiger partial charge is 0.312 e. The summed E-state index contributed by atoms with van der Waals surface area (Å²) < 4.78 is 65.0. The summed E-state index contributed by atoms with van der Waals surface area (Å²) in [6.45, 7) is 2.71. The highest BCUT2D eigenvalue weighted by molar-refractivity contribution is 7.88. The molecule has 0 atom stereocenters. The van der Waals surface area contributed by atoms with Crippen LogP contribution in [0.2, 0.25) is 0 Å². The molecule has 1 amide bonds. The highest BCUT2D eigenvalue weighted by Gasteiger charge is 2.30. The Morgan fingerprint density at radius 2 is 1.70 bits per heavy atom. The van der Waals surface area contributed by atoms with Crippen molar-refractivity contribution in [3.8, 4) is 0 Å². The lowest BCUT2D eigenvalue weighted by atomic mass is 9.98. The minimum absolute atomic E-state index is 0.0674. The van der Waals surface area contributed by atoms with Gasteiger partial charge in [-0.25, -0.2) is 13.1 Å². The van der Waals surface area contributed by atoms with Crippen LogP contribution in [0.3, 0.4) is 0 Å². The summed E-state index contributed by atoms with van der Waals surface area (Å²) >= 11 is 0. The molecule has 0 aromatic heterocycles. The van der Waals surface area contributed by atoms with Crippen LogP contribution in [-0.4, -0.2) is 20.9 Å². The second kappa shape index (κ2) is 8.77. The van der Waals surface area contributed by atoms with E-state index in [0.29, 0.717) is 19.4 Å². The summed E-state index contributed by atoms with van der Waals surface area (Å²) in [5, 5.41) is 0. The largest absolute Gasteiger partial charge is 0.416 e. The van der Waals surface area contributed by atoms with Crippen molar-refractivity contribution in [3.63, 3.8) is 0 Å². The maximum atomic E-state index is 12.6. The van der Waals surface area contributed by atoms with Crippen molar-refractivity contribution in [2.45, 2.75) is 44.7 Å². The Kier molecular flexibility index (Phi) is 6.52. The van der Waals surface area contributed by atoms with Crippen molar-refractivity contribution in [1.29, 1.82) is 0 Å². The van der Waals surface area contributed by atoms with E-state index in [4.69, 9.17) is 0 Å². The van der Waals surface area contributed by atoms with Gasteiger partial charge in [-0.05, 0) is 47.7 Å². The zero-order chi connectivity index (χ0) is 21.9. The minimum Gasteiger partial charge on any atom is -0.312 e. The van der Waals surface area contributed by atoms with Gasteiger partial charge in [0.05, 0.1) is 11.3 Å². The van der Waals surface area contributed by atoms with Gasteiger partial charge in [0.15, 0.2) is 0 Å². The number of alkyl halides is 3. The van der Waals surface area contributed by atoms with Gasteiger partial charge in [0.25, 0.3) is 0 Å². The highest BCUT2D eigenvalue weighted by Crippen LogP contribution is 2.30. The SMILES string of the molecule is CCCN1C(=O)CCc2cc(CNS(=O)(=O)Cc3ccc(C(F)(F)F)cc3)ccc21. The Morgan fingerprint density at radius 3 is 2.33 bits per heavy atom. The first-order valence-electron chi connectivity index (χ1n) is 9.64. The van der Waals surface area contributed by atoms with Crippen LogP contribution >= 0.6 is 0 Å². The molecule has 2 aromatic rings. The molecule has 5 nitrogen and oxygen atoms in total. The van der Waals surface area contributed by atoms with E-state index in [2.05, 4.69) is 4.72 Å². The molecule has 30 heavy (non-hydrogen) atoms. The van der Waals surface area contributed by atoms with E-state index < -0.39 is 27.5 Å². The fourth-order valence-corrected chi connectivity index (χ4v) is 4.57. The van der Waals surface area contributed by atoms with Gasteiger partial charge in [-0.15, -0.1) is 0 Å². The van der Waals surface area contributed by atoms with Crippen LogP contribution in [0, 0.1) is 0 Å². The molecule has 0 bridgehead atoms. The second-order valence-electron chi connectivity index (χ2n) is 7.28. The van der Waals surface area contributed by atoms with E-state index in [1.807, 2.05) is 19.1 Å². The Labute approximate surface area is 173 Å². The van der Waals surface area contributed by atoms with Gasteiger partial charge < -0.3 is 4.90 Å². The predicted molar refractivity (Wildman–Crippen MR) is 108 cm³/mol. The molecule has 0 fully saturated rings. The standard InChI is InChI=1S/C21H23F3N2O3S/c1-2-11-26-19-9-5-16(12-17(19)6-10-20(26)27)13-25-30(28,29)14-15-3-7-18(8-4-15)21(22,23)24/h3-5,7-9,12,25H,2,6,10-11,13-14H2,1H3. The number of nitrogens with zero attached hydrogens (tertiary/aromatic N) is 1. The Bertz CT molecular complexity index is 1020. The first-order valence-corrected chi connectivity index (χ1v) is 11.3. The number of aryl methyl sites for hydroxylation is 1.